The van der Waals surface area contributed by atoms with E-state index in [4.69, 9.17) is 9.47 Å². The highest BCUT2D eigenvalue weighted by molar-refractivity contribution is 5.89. The first-order valence-electron chi connectivity index (χ1n) is 5.23. The molecule has 0 spiro atoms. The Morgan fingerprint density at radius 3 is 3.19 bits per heavy atom. The quantitative estimate of drug-likeness (QED) is 0.577. The zero-order valence-corrected chi connectivity index (χ0v) is 9.19. The molecule has 1 aliphatic heterocycles. The molecule has 0 atom stereocenters. The molecule has 0 radical (unpaired) electrons. The maximum atomic E-state index is 11.5. The Morgan fingerprint density at radius 1 is 1.50 bits per heavy atom. The van der Waals surface area contributed by atoms with Crippen molar-refractivity contribution >= 4 is 5.97 Å². The minimum atomic E-state index is -0.366. The number of esters is 1. The number of carbonyl (C=O) groups excluding carboxylic acids is 1. The van der Waals surface area contributed by atoms with Gasteiger partial charge in [0, 0.05) is 7.11 Å². The normalized spacial score (nSPS) is 13.8. The third-order valence-electron chi connectivity index (χ3n) is 2.45. The molecule has 0 saturated heterocycles. The van der Waals surface area contributed by atoms with Crippen molar-refractivity contribution in [3.63, 3.8) is 0 Å². The van der Waals surface area contributed by atoms with Gasteiger partial charge in [-0.3, -0.25) is 0 Å². The van der Waals surface area contributed by atoms with Gasteiger partial charge in [0.1, 0.15) is 5.75 Å². The highest BCUT2D eigenvalue weighted by Gasteiger charge is 2.14. The van der Waals surface area contributed by atoms with Gasteiger partial charge in [0.15, 0.2) is 6.79 Å². The molecular weight excluding hydrogens is 208 g/mol. The van der Waals surface area contributed by atoms with Crippen molar-refractivity contribution < 1.29 is 19.0 Å². The summed E-state index contributed by atoms with van der Waals surface area (Å²) in [4.78, 5) is 11.5. The first-order chi connectivity index (χ1) is 7.81. The van der Waals surface area contributed by atoms with Gasteiger partial charge in [0.25, 0.3) is 0 Å². The van der Waals surface area contributed by atoms with Gasteiger partial charge in [0.2, 0.25) is 0 Å². The van der Waals surface area contributed by atoms with Gasteiger partial charge in [-0.05, 0) is 36.6 Å². The van der Waals surface area contributed by atoms with Crippen LogP contribution in [0.1, 0.15) is 22.3 Å². The Morgan fingerprint density at radius 2 is 2.38 bits per heavy atom. The fraction of sp³-hybridized carbons (Fsp3) is 0.417. The number of methoxy groups -OCH3 is 1. The monoisotopic (exact) mass is 222 g/mol. The summed E-state index contributed by atoms with van der Waals surface area (Å²) in [6.45, 7) is 0.729. The summed E-state index contributed by atoms with van der Waals surface area (Å²) in [7, 11) is 1.48. The molecule has 1 aliphatic rings. The lowest BCUT2D eigenvalue weighted by molar-refractivity contribution is -0.0125. The van der Waals surface area contributed by atoms with Crippen molar-refractivity contribution in [2.24, 2.45) is 0 Å². The fourth-order valence-corrected chi connectivity index (χ4v) is 1.68. The van der Waals surface area contributed by atoms with Gasteiger partial charge < -0.3 is 14.2 Å². The van der Waals surface area contributed by atoms with Crippen LogP contribution in [0.25, 0.3) is 0 Å². The SMILES string of the molecule is COCOC(=O)c1ccc2c(c1)CCCO2. The summed E-state index contributed by atoms with van der Waals surface area (Å²) in [6, 6.07) is 5.35. The number of carbonyl (C=O) groups is 1. The van der Waals surface area contributed by atoms with E-state index in [1.54, 1.807) is 6.07 Å². The van der Waals surface area contributed by atoms with Crippen molar-refractivity contribution in [2.75, 3.05) is 20.5 Å². The zero-order chi connectivity index (χ0) is 11.4. The molecule has 2 rings (SSSR count). The summed E-state index contributed by atoms with van der Waals surface area (Å²) in [5.74, 6) is 0.504. The van der Waals surface area contributed by atoms with Crippen LogP contribution < -0.4 is 4.74 Å². The minimum absolute atomic E-state index is 0.0214. The Bertz CT molecular complexity index is 387. The number of rotatable bonds is 3. The molecule has 0 fully saturated rings. The van der Waals surface area contributed by atoms with Crippen LogP contribution in [0.5, 0.6) is 5.75 Å². The molecule has 1 aromatic rings. The van der Waals surface area contributed by atoms with Gasteiger partial charge in [0.05, 0.1) is 12.2 Å². The summed E-state index contributed by atoms with van der Waals surface area (Å²) >= 11 is 0. The van der Waals surface area contributed by atoms with Crippen molar-refractivity contribution in [3.8, 4) is 5.75 Å². The number of fused-ring (bicyclic) bond motifs is 1. The highest BCUT2D eigenvalue weighted by Crippen LogP contribution is 2.25. The predicted octanol–water partition coefficient (Wildman–Crippen LogP) is 1.77. The van der Waals surface area contributed by atoms with E-state index in [1.807, 2.05) is 12.1 Å². The first kappa shape index (κ1) is 11.0. The average molecular weight is 222 g/mol. The van der Waals surface area contributed by atoms with E-state index in [2.05, 4.69) is 4.74 Å². The molecule has 0 N–H and O–H groups in total. The van der Waals surface area contributed by atoms with Crippen molar-refractivity contribution in [2.45, 2.75) is 12.8 Å². The molecule has 0 unspecified atom stereocenters. The van der Waals surface area contributed by atoms with Crippen LogP contribution in [0.15, 0.2) is 18.2 Å². The van der Waals surface area contributed by atoms with E-state index < -0.39 is 0 Å². The van der Waals surface area contributed by atoms with Gasteiger partial charge in [-0.15, -0.1) is 0 Å². The third kappa shape index (κ3) is 2.33. The maximum absolute atomic E-state index is 11.5. The van der Waals surface area contributed by atoms with Crippen LogP contribution in [-0.4, -0.2) is 26.5 Å². The molecule has 4 nitrogen and oxygen atoms in total. The predicted molar refractivity (Wildman–Crippen MR) is 57.5 cm³/mol. The summed E-state index contributed by atoms with van der Waals surface area (Å²) in [6.07, 6.45) is 1.93. The number of benzene rings is 1. The van der Waals surface area contributed by atoms with Crippen molar-refractivity contribution in [3.05, 3.63) is 29.3 Å². The van der Waals surface area contributed by atoms with Crippen LogP contribution in [0.4, 0.5) is 0 Å². The molecule has 0 bridgehead atoms. The third-order valence-corrected chi connectivity index (χ3v) is 2.45. The second-order valence-corrected chi connectivity index (χ2v) is 3.61. The topological polar surface area (TPSA) is 44.8 Å². The van der Waals surface area contributed by atoms with E-state index in [0.717, 1.165) is 30.8 Å². The van der Waals surface area contributed by atoms with Gasteiger partial charge in [-0.25, -0.2) is 4.79 Å². The van der Waals surface area contributed by atoms with Crippen LogP contribution in [0, 0.1) is 0 Å². The van der Waals surface area contributed by atoms with E-state index in [-0.39, 0.29) is 12.8 Å². The summed E-state index contributed by atoms with van der Waals surface area (Å²) in [5.41, 5.74) is 1.61. The average Bonchev–Trinajstić information content (AvgIpc) is 2.35. The molecule has 4 heteroatoms. The van der Waals surface area contributed by atoms with E-state index in [9.17, 15) is 4.79 Å². The number of hydrogen-bond donors (Lipinski definition) is 0. The van der Waals surface area contributed by atoms with Crippen LogP contribution in [0.2, 0.25) is 0 Å². The highest BCUT2D eigenvalue weighted by atomic mass is 16.7. The summed E-state index contributed by atoms with van der Waals surface area (Å²) < 4.78 is 15.0. The van der Waals surface area contributed by atoms with Gasteiger partial charge in [-0.1, -0.05) is 0 Å². The van der Waals surface area contributed by atoms with E-state index >= 15 is 0 Å². The Hall–Kier alpha value is -1.55. The Kier molecular flexibility index (Phi) is 3.41. The number of ether oxygens (including phenoxy) is 3. The standard InChI is InChI=1S/C12H14O4/c1-14-8-16-12(13)10-4-5-11-9(7-10)3-2-6-15-11/h4-5,7H,2-3,6,8H2,1H3. The van der Waals surface area contributed by atoms with Crippen LogP contribution >= 0.6 is 0 Å². The Labute approximate surface area is 94.1 Å². The van der Waals surface area contributed by atoms with Crippen molar-refractivity contribution in [1.29, 1.82) is 0 Å². The van der Waals surface area contributed by atoms with Crippen LogP contribution in [-0.2, 0) is 15.9 Å². The molecule has 16 heavy (non-hydrogen) atoms. The summed E-state index contributed by atoms with van der Waals surface area (Å²) in [5, 5.41) is 0. The molecule has 0 amide bonds. The molecule has 86 valence electrons. The largest absolute Gasteiger partial charge is 0.493 e. The Balaban J connectivity index is 2.13. The van der Waals surface area contributed by atoms with E-state index in [0.29, 0.717) is 5.56 Å². The smallest absolute Gasteiger partial charge is 0.340 e. The molecule has 0 saturated carbocycles. The lowest BCUT2D eigenvalue weighted by Crippen LogP contribution is -2.11. The molecule has 1 heterocycles. The molecule has 1 aromatic carbocycles. The lowest BCUT2D eigenvalue weighted by Gasteiger charge is -2.17. The van der Waals surface area contributed by atoms with E-state index in [1.165, 1.54) is 7.11 Å². The molecule has 0 aromatic heterocycles. The van der Waals surface area contributed by atoms with Gasteiger partial charge in [-0.2, -0.15) is 0 Å². The zero-order valence-electron chi connectivity index (χ0n) is 9.19. The molecular formula is C12H14O4. The maximum Gasteiger partial charge on any atom is 0.340 e. The number of aryl methyl sites for hydroxylation is 1. The van der Waals surface area contributed by atoms with Crippen LogP contribution in [0.3, 0.4) is 0 Å². The van der Waals surface area contributed by atoms with Crippen molar-refractivity contribution in [1.82, 2.24) is 0 Å². The second-order valence-electron chi connectivity index (χ2n) is 3.61. The second kappa shape index (κ2) is 4.99. The fourth-order valence-electron chi connectivity index (χ4n) is 1.68. The number of hydrogen-bond acceptors (Lipinski definition) is 4. The minimum Gasteiger partial charge on any atom is -0.493 e. The first-order valence-corrected chi connectivity index (χ1v) is 5.23. The lowest BCUT2D eigenvalue weighted by atomic mass is 10.0. The van der Waals surface area contributed by atoms with Gasteiger partial charge >= 0.3 is 5.97 Å². The molecule has 0 aliphatic carbocycles.